The molecule has 2 rings (SSSR count). The number of likely N-dealkylation sites (tertiary alicyclic amines) is 1. The topological polar surface area (TPSA) is 72.4 Å². The maximum absolute atomic E-state index is 12.6. The van der Waals surface area contributed by atoms with Gasteiger partial charge in [0.05, 0.1) is 16.0 Å². The van der Waals surface area contributed by atoms with E-state index in [-0.39, 0.29) is 11.3 Å². The highest BCUT2D eigenvalue weighted by atomic mass is 32.2. The Labute approximate surface area is 133 Å². The molecule has 0 bridgehead atoms. The molecule has 1 unspecified atom stereocenters. The summed E-state index contributed by atoms with van der Waals surface area (Å²) in [5.41, 5.74) is 1.08. The standard InChI is InChI=1S/C15H23N3O3S/c1-10-8-11(2)17-13(16-10)22(20)12-6-7-18(9-12)14(19)21-15(3,4)5/h8,12H,6-7,9H2,1-5H3/t12-,22?/m0/s1. The first kappa shape index (κ1) is 16.9. The normalized spacial score (nSPS) is 20.0. The van der Waals surface area contributed by atoms with Crippen molar-refractivity contribution in [1.82, 2.24) is 14.9 Å². The first-order chi connectivity index (χ1) is 10.2. The molecule has 1 amide bonds. The number of carbonyl (C=O) groups excluding carboxylic acids is 1. The Morgan fingerprint density at radius 3 is 2.45 bits per heavy atom. The van der Waals surface area contributed by atoms with Crippen LogP contribution in [-0.4, -0.2) is 49.1 Å². The molecule has 1 aromatic rings. The van der Waals surface area contributed by atoms with E-state index in [0.717, 1.165) is 11.4 Å². The van der Waals surface area contributed by atoms with E-state index in [1.54, 1.807) is 4.90 Å². The van der Waals surface area contributed by atoms with E-state index in [1.165, 1.54) is 0 Å². The molecular formula is C15H23N3O3S. The minimum Gasteiger partial charge on any atom is -0.444 e. The molecule has 1 aliphatic heterocycles. The summed E-state index contributed by atoms with van der Waals surface area (Å²) in [7, 11) is -1.31. The van der Waals surface area contributed by atoms with Crippen molar-refractivity contribution < 1.29 is 13.7 Å². The van der Waals surface area contributed by atoms with Gasteiger partial charge in [-0.3, -0.25) is 4.21 Å². The molecule has 1 aromatic heterocycles. The van der Waals surface area contributed by atoms with Crippen LogP contribution in [0.4, 0.5) is 4.79 Å². The van der Waals surface area contributed by atoms with Gasteiger partial charge in [-0.1, -0.05) is 0 Å². The number of rotatable bonds is 2. The average Bonchev–Trinajstić information content (AvgIpc) is 2.84. The maximum atomic E-state index is 12.6. The molecule has 0 saturated carbocycles. The van der Waals surface area contributed by atoms with Crippen LogP contribution in [0.15, 0.2) is 11.2 Å². The van der Waals surface area contributed by atoms with Crippen LogP contribution in [0.5, 0.6) is 0 Å². The highest BCUT2D eigenvalue weighted by molar-refractivity contribution is 7.85. The fourth-order valence-corrected chi connectivity index (χ4v) is 3.73. The number of hydrogen-bond donors (Lipinski definition) is 0. The van der Waals surface area contributed by atoms with Crippen molar-refractivity contribution in [2.45, 2.75) is 57.0 Å². The van der Waals surface area contributed by atoms with Crippen LogP contribution in [0.1, 0.15) is 38.6 Å². The molecule has 122 valence electrons. The molecule has 1 fully saturated rings. The van der Waals surface area contributed by atoms with E-state index in [0.29, 0.717) is 24.7 Å². The largest absolute Gasteiger partial charge is 0.444 e. The number of aryl methyl sites for hydroxylation is 2. The molecule has 2 atom stereocenters. The Bertz CT molecular complexity index is 578. The SMILES string of the molecule is Cc1cc(C)nc(S(=O)[C@H]2CCN(C(=O)OC(C)(C)C)C2)n1. The van der Waals surface area contributed by atoms with Crippen molar-refractivity contribution in [1.29, 1.82) is 0 Å². The Hall–Kier alpha value is -1.50. The lowest BCUT2D eigenvalue weighted by atomic mass is 10.2. The van der Waals surface area contributed by atoms with E-state index in [1.807, 2.05) is 40.7 Å². The van der Waals surface area contributed by atoms with Gasteiger partial charge in [0.1, 0.15) is 5.60 Å². The first-order valence-electron chi connectivity index (χ1n) is 7.36. The molecule has 0 radical (unpaired) electrons. The van der Waals surface area contributed by atoms with Gasteiger partial charge in [-0.25, -0.2) is 14.8 Å². The minimum absolute atomic E-state index is 0.145. The molecule has 1 aliphatic rings. The van der Waals surface area contributed by atoms with Crippen molar-refractivity contribution in [2.75, 3.05) is 13.1 Å². The van der Waals surface area contributed by atoms with Gasteiger partial charge in [-0.2, -0.15) is 0 Å². The van der Waals surface area contributed by atoms with E-state index >= 15 is 0 Å². The van der Waals surface area contributed by atoms with Crippen molar-refractivity contribution in [3.63, 3.8) is 0 Å². The van der Waals surface area contributed by atoms with Gasteiger partial charge >= 0.3 is 6.09 Å². The van der Waals surface area contributed by atoms with Gasteiger partial charge < -0.3 is 9.64 Å². The van der Waals surface area contributed by atoms with E-state index in [4.69, 9.17) is 4.74 Å². The molecule has 0 aliphatic carbocycles. The molecule has 2 heterocycles. The summed E-state index contributed by atoms with van der Waals surface area (Å²) >= 11 is 0. The summed E-state index contributed by atoms with van der Waals surface area (Å²) in [5, 5.41) is 0.210. The Morgan fingerprint density at radius 2 is 1.91 bits per heavy atom. The number of nitrogens with zero attached hydrogens (tertiary/aromatic N) is 3. The first-order valence-corrected chi connectivity index (χ1v) is 8.58. The lowest BCUT2D eigenvalue weighted by Crippen LogP contribution is -2.36. The van der Waals surface area contributed by atoms with Crippen LogP contribution >= 0.6 is 0 Å². The smallest absolute Gasteiger partial charge is 0.410 e. The zero-order valence-electron chi connectivity index (χ0n) is 13.8. The third-order valence-electron chi connectivity index (χ3n) is 3.24. The Morgan fingerprint density at radius 1 is 1.32 bits per heavy atom. The lowest BCUT2D eigenvalue weighted by molar-refractivity contribution is 0.0295. The number of ether oxygens (including phenoxy) is 1. The Kier molecular flexibility index (Phi) is 4.84. The number of amides is 1. The number of hydrogen-bond acceptors (Lipinski definition) is 5. The highest BCUT2D eigenvalue weighted by Gasteiger charge is 2.34. The van der Waals surface area contributed by atoms with Crippen LogP contribution in [0.3, 0.4) is 0 Å². The summed E-state index contributed by atoms with van der Waals surface area (Å²) in [6, 6.07) is 1.85. The molecule has 7 heteroatoms. The second-order valence-electron chi connectivity index (χ2n) is 6.57. The summed E-state index contributed by atoms with van der Waals surface area (Å²) in [4.78, 5) is 22.2. The monoisotopic (exact) mass is 325 g/mol. The van der Waals surface area contributed by atoms with Crippen LogP contribution < -0.4 is 0 Å². The van der Waals surface area contributed by atoms with Gasteiger partial charge in [0.25, 0.3) is 0 Å². The Balaban J connectivity index is 2.03. The van der Waals surface area contributed by atoms with Crippen LogP contribution in [-0.2, 0) is 15.5 Å². The van der Waals surface area contributed by atoms with Gasteiger partial charge in [0.15, 0.2) is 0 Å². The molecular weight excluding hydrogens is 302 g/mol. The van der Waals surface area contributed by atoms with Crippen molar-refractivity contribution in [2.24, 2.45) is 0 Å². The molecule has 1 saturated heterocycles. The maximum Gasteiger partial charge on any atom is 0.410 e. The molecule has 0 aromatic carbocycles. The van der Waals surface area contributed by atoms with E-state index in [9.17, 15) is 9.00 Å². The van der Waals surface area contributed by atoms with Crippen LogP contribution in [0.25, 0.3) is 0 Å². The fourth-order valence-electron chi connectivity index (χ4n) is 2.33. The molecule has 0 spiro atoms. The predicted molar refractivity (Wildman–Crippen MR) is 84.1 cm³/mol. The molecule has 0 N–H and O–H groups in total. The fraction of sp³-hybridized carbons (Fsp3) is 0.667. The molecule has 22 heavy (non-hydrogen) atoms. The van der Waals surface area contributed by atoms with Crippen molar-refractivity contribution >= 4 is 16.9 Å². The van der Waals surface area contributed by atoms with Gasteiger partial charge in [0.2, 0.25) is 5.16 Å². The zero-order valence-corrected chi connectivity index (χ0v) is 14.6. The number of aromatic nitrogens is 2. The van der Waals surface area contributed by atoms with Crippen LogP contribution in [0, 0.1) is 13.8 Å². The predicted octanol–water partition coefficient (Wildman–Crippen LogP) is 2.21. The quantitative estimate of drug-likeness (QED) is 0.780. The van der Waals surface area contributed by atoms with Gasteiger partial charge in [-0.15, -0.1) is 0 Å². The zero-order chi connectivity index (χ0) is 16.5. The third kappa shape index (κ3) is 4.25. The minimum atomic E-state index is -1.31. The summed E-state index contributed by atoms with van der Waals surface area (Å²) in [5.74, 6) is 0. The van der Waals surface area contributed by atoms with Crippen LogP contribution in [0.2, 0.25) is 0 Å². The number of carbonyl (C=O) groups is 1. The van der Waals surface area contributed by atoms with Crippen molar-refractivity contribution in [3.05, 3.63) is 17.5 Å². The summed E-state index contributed by atoms with van der Waals surface area (Å²) < 4.78 is 18.0. The average molecular weight is 325 g/mol. The van der Waals surface area contributed by atoms with E-state index in [2.05, 4.69) is 9.97 Å². The van der Waals surface area contributed by atoms with Gasteiger partial charge in [0, 0.05) is 24.5 Å². The third-order valence-corrected chi connectivity index (χ3v) is 4.77. The summed E-state index contributed by atoms with van der Waals surface area (Å²) in [6.45, 7) is 10.2. The second kappa shape index (κ2) is 6.32. The molecule has 6 nitrogen and oxygen atoms in total. The van der Waals surface area contributed by atoms with Crippen molar-refractivity contribution in [3.8, 4) is 0 Å². The summed E-state index contributed by atoms with van der Waals surface area (Å²) in [6.07, 6.45) is 0.315. The second-order valence-corrected chi connectivity index (χ2v) is 8.19. The van der Waals surface area contributed by atoms with Gasteiger partial charge in [-0.05, 0) is 47.1 Å². The van der Waals surface area contributed by atoms with E-state index < -0.39 is 16.4 Å². The lowest BCUT2D eigenvalue weighted by Gasteiger charge is -2.24. The highest BCUT2D eigenvalue weighted by Crippen LogP contribution is 2.21.